The van der Waals surface area contributed by atoms with Crippen LogP contribution in [-0.4, -0.2) is 75.7 Å². The second kappa shape index (κ2) is 13.4. The van der Waals surface area contributed by atoms with E-state index >= 15 is 0 Å². The van der Waals surface area contributed by atoms with Gasteiger partial charge in [0, 0.05) is 30.8 Å². The molecule has 2 saturated heterocycles. The van der Waals surface area contributed by atoms with E-state index in [0.717, 1.165) is 18.4 Å². The fourth-order valence-electron chi connectivity index (χ4n) is 6.78. The van der Waals surface area contributed by atoms with E-state index in [1.165, 1.54) is 23.5 Å². The number of nitrogens with zero attached hydrogens (tertiary/aromatic N) is 1. The number of carbonyl (C=O) groups excluding carboxylic acids is 1. The number of sulfonamides is 1. The summed E-state index contributed by atoms with van der Waals surface area (Å²) in [4.78, 5) is 13.5. The maximum absolute atomic E-state index is 13.7. The van der Waals surface area contributed by atoms with Gasteiger partial charge in [-0.15, -0.1) is 0 Å². The highest BCUT2D eigenvalue weighted by atomic mass is 32.2. The molecule has 7 atom stereocenters. The quantitative estimate of drug-likeness (QED) is 0.344. The predicted molar refractivity (Wildman–Crippen MR) is 156 cm³/mol. The molecule has 1 saturated carbocycles. The molecule has 2 heterocycles. The molecule has 3 aliphatic rings. The number of methoxy groups -OCH3 is 1. The smallest absolute Gasteiger partial charge is 0.306 e. The summed E-state index contributed by atoms with van der Waals surface area (Å²) in [6.07, 6.45) is 0.516. The number of esters is 1. The third-order valence-electron chi connectivity index (χ3n) is 8.83. The van der Waals surface area contributed by atoms with Crippen LogP contribution >= 0.6 is 0 Å². The molecule has 1 aliphatic carbocycles. The summed E-state index contributed by atoms with van der Waals surface area (Å²) in [5.74, 6) is 0.488. The lowest BCUT2D eigenvalue weighted by Crippen LogP contribution is -2.43. The molecule has 0 spiro atoms. The first kappa shape index (κ1) is 30.9. The molecule has 3 fully saturated rings. The number of carbonyl (C=O) groups is 1. The van der Waals surface area contributed by atoms with E-state index in [-0.39, 0.29) is 60.5 Å². The van der Waals surface area contributed by atoms with Crippen molar-refractivity contribution in [3.8, 4) is 5.75 Å². The average Bonchev–Trinajstić information content (AvgIpc) is 3.55. The van der Waals surface area contributed by atoms with Crippen molar-refractivity contribution >= 4 is 16.0 Å². The minimum atomic E-state index is -3.91. The molecular formula is C32H43NO8S. The van der Waals surface area contributed by atoms with E-state index in [9.17, 15) is 18.3 Å². The lowest BCUT2D eigenvalue weighted by molar-refractivity contribution is -0.182. The third-order valence-corrected chi connectivity index (χ3v) is 10.7. The summed E-state index contributed by atoms with van der Waals surface area (Å²) < 4.78 is 51.5. The van der Waals surface area contributed by atoms with Gasteiger partial charge in [-0.25, -0.2) is 8.42 Å². The Morgan fingerprint density at radius 3 is 2.50 bits per heavy atom. The molecule has 0 amide bonds. The predicted octanol–water partition coefficient (Wildman–Crippen LogP) is 3.89. The highest BCUT2D eigenvalue weighted by Crippen LogP contribution is 2.50. The van der Waals surface area contributed by atoms with Crippen LogP contribution in [0.15, 0.2) is 59.5 Å². The largest absolute Gasteiger partial charge is 0.497 e. The Balaban J connectivity index is 1.31. The molecule has 230 valence electrons. The molecule has 0 radical (unpaired) electrons. The van der Waals surface area contributed by atoms with Crippen molar-refractivity contribution in [3.05, 3.63) is 60.2 Å². The maximum atomic E-state index is 13.7. The first-order valence-electron chi connectivity index (χ1n) is 14.9. The van der Waals surface area contributed by atoms with E-state index in [2.05, 4.69) is 0 Å². The second-order valence-corrected chi connectivity index (χ2v) is 14.2. The number of aliphatic hydroxyl groups is 1. The summed E-state index contributed by atoms with van der Waals surface area (Å²) >= 11 is 0. The Morgan fingerprint density at radius 1 is 1.07 bits per heavy atom. The van der Waals surface area contributed by atoms with Gasteiger partial charge in [-0.3, -0.25) is 4.79 Å². The number of aliphatic hydroxyl groups excluding tert-OH is 1. The summed E-state index contributed by atoms with van der Waals surface area (Å²) in [6, 6.07) is 15.9. The summed E-state index contributed by atoms with van der Waals surface area (Å²) in [5, 5.41) is 11.6. The summed E-state index contributed by atoms with van der Waals surface area (Å²) in [6.45, 7) is 5.19. The van der Waals surface area contributed by atoms with Crippen molar-refractivity contribution in [2.24, 2.45) is 29.6 Å². The summed E-state index contributed by atoms with van der Waals surface area (Å²) in [5.41, 5.74) is 0.961. The van der Waals surface area contributed by atoms with Gasteiger partial charge in [-0.2, -0.15) is 4.31 Å². The third kappa shape index (κ3) is 7.00. The van der Waals surface area contributed by atoms with Crippen LogP contribution < -0.4 is 4.74 Å². The Morgan fingerprint density at radius 2 is 1.81 bits per heavy atom. The van der Waals surface area contributed by atoms with Crippen molar-refractivity contribution in [2.45, 2.75) is 62.9 Å². The molecule has 2 aromatic carbocycles. The van der Waals surface area contributed by atoms with Gasteiger partial charge in [-0.1, -0.05) is 44.2 Å². The van der Waals surface area contributed by atoms with E-state index in [1.807, 2.05) is 44.2 Å². The van der Waals surface area contributed by atoms with Gasteiger partial charge in [0.2, 0.25) is 10.0 Å². The zero-order valence-electron chi connectivity index (χ0n) is 24.6. The number of ether oxygens (including phenoxy) is 4. The van der Waals surface area contributed by atoms with Gasteiger partial charge in [0.1, 0.15) is 11.9 Å². The van der Waals surface area contributed by atoms with Crippen LogP contribution in [0.4, 0.5) is 0 Å². The normalized spacial score (nSPS) is 26.7. The van der Waals surface area contributed by atoms with Crippen LogP contribution in [0.1, 0.15) is 38.7 Å². The van der Waals surface area contributed by atoms with Gasteiger partial charge < -0.3 is 24.1 Å². The van der Waals surface area contributed by atoms with Crippen LogP contribution in [0.2, 0.25) is 0 Å². The molecule has 10 heteroatoms. The molecule has 42 heavy (non-hydrogen) atoms. The zero-order chi connectivity index (χ0) is 29.9. The van der Waals surface area contributed by atoms with E-state index in [0.29, 0.717) is 31.3 Å². The van der Waals surface area contributed by atoms with Crippen LogP contribution in [0.5, 0.6) is 5.75 Å². The minimum Gasteiger partial charge on any atom is -0.497 e. The molecular weight excluding hydrogens is 558 g/mol. The van der Waals surface area contributed by atoms with Crippen molar-refractivity contribution in [1.29, 1.82) is 0 Å². The first-order chi connectivity index (χ1) is 20.2. The maximum Gasteiger partial charge on any atom is 0.306 e. The van der Waals surface area contributed by atoms with Gasteiger partial charge in [0.05, 0.1) is 37.7 Å². The number of rotatable bonds is 13. The van der Waals surface area contributed by atoms with Crippen molar-refractivity contribution in [2.75, 3.05) is 33.4 Å². The standard InChI is InChI=1S/C32H43NO8S/c1-21(2)18-33(42(36,37)26-11-9-25(38-3)10-12-26)19-28(34)23(15-22-7-5-4-6-8-22)17-30(35)41-29-16-24-20-40-32-31(24)27(29)13-14-39-32/h4-12,21,23-24,27-29,31-32,34H,13-20H2,1-3H3/t23?,24?,27?,28-,29-,31+,32+/m1/s1. The second-order valence-electron chi connectivity index (χ2n) is 12.2. The fourth-order valence-corrected chi connectivity index (χ4v) is 8.40. The molecule has 1 N–H and O–H groups in total. The molecule has 3 unspecified atom stereocenters. The molecule has 2 aliphatic heterocycles. The first-order valence-corrected chi connectivity index (χ1v) is 16.4. The van der Waals surface area contributed by atoms with Gasteiger partial charge >= 0.3 is 5.97 Å². The number of hydrogen-bond donors (Lipinski definition) is 1. The highest BCUT2D eigenvalue weighted by Gasteiger charge is 2.54. The molecule has 2 aromatic rings. The molecule has 5 rings (SSSR count). The molecule has 9 nitrogen and oxygen atoms in total. The lowest BCUT2D eigenvalue weighted by Gasteiger charge is -2.33. The van der Waals surface area contributed by atoms with E-state index in [4.69, 9.17) is 18.9 Å². The fraction of sp³-hybridized carbons (Fsp3) is 0.594. The lowest BCUT2D eigenvalue weighted by atomic mass is 9.86. The van der Waals surface area contributed by atoms with Gasteiger partial charge in [0.25, 0.3) is 0 Å². The van der Waals surface area contributed by atoms with Crippen LogP contribution in [-0.2, 0) is 35.4 Å². The van der Waals surface area contributed by atoms with Gasteiger partial charge in [0.15, 0.2) is 6.29 Å². The van der Waals surface area contributed by atoms with Crippen molar-refractivity contribution in [3.63, 3.8) is 0 Å². The number of hydrogen-bond acceptors (Lipinski definition) is 8. The molecule has 0 bridgehead atoms. The Kier molecular flexibility index (Phi) is 9.89. The summed E-state index contributed by atoms with van der Waals surface area (Å²) in [7, 11) is -2.39. The van der Waals surface area contributed by atoms with Gasteiger partial charge in [-0.05, 0) is 60.9 Å². The van der Waals surface area contributed by atoms with Crippen molar-refractivity contribution in [1.82, 2.24) is 4.31 Å². The zero-order valence-corrected chi connectivity index (χ0v) is 25.4. The Hall–Kier alpha value is -2.50. The highest BCUT2D eigenvalue weighted by molar-refractivity contribution is 7.89. The number of benzene rings is 2. The Bertz CT molecular complexity index is 1280. The van der Waals surface area contributed by atoms with Crippen LogP contribution in [0.25, 0.3) is 0 Å². The topological polar surface area (TPSA) is 112 Å². The van der Waals surface area contributed by atoms with Crippen molar-refractivity contribution < 1.29 is 37.3 Å². The Labute approximate surface area is 249 Å². The minimum absolute atomic E-state index is 0.0108. The monoisotopic (exact) mass is 601 g/mol. The molecule has 0 aromatic heterocycles. The van der Waals surface area contributed by atoms with Crippen LogP contribution in [0, 0.1) is 29.6 Å². The van der Waals surface area contributed by atoms with E-state index in [1.54, 1.807) is 12.1 Å². The van der Waals surface area contributed by atoms with Crippen LogP contribution in [0.3, 0.4) is 0 Å². The van der Waals surface area contributed by atoms with E-state index < -0.39 is 22.0 Å². The average molecular weight is 602 g/mol. The SMILES string of the molecule is COc1ccc(S(=O)(=O)N(CC(C)C)C[C@@H](O)C(CC(=O)O[C@@H]2CC3CO[C@@H]4OCCC2[C@H]34)Cc2ccccc2)cc1.